The van der Waals surface area contributed by atoms with Gasteiger partial charge in [0.25, 0.3) is 0 Å². The van der Waals surface area contributed by atoms with E-state index in [0.717, 1.165) is 11.3 Å². The highest BCUT2D eigenvalue weighted by Gasteiger charge is 2.03. The van der Waals surface area contributed by atoms with Gasteiger partial charge < -0.3 is 4.42 Å². The molecule has 0 saturated heterocycles. The predicted molar refractivity (Wildman–Crippen MR) is 40.5 cm³/mol. The molecular formula is C7H6BrNO. The second kappa shape index (κ2) is 2.89. The van der Waals surface area contributed by atoms with E-state index in [2.05, 4.69) is 15.9 Å². The van der Waals surface area contributed by atoms with E-state index in [-0.39, 0.29) is 0 Å². The maximum atomic E-state index is 8.33. The van der Waals surface area contributed by atoms with Gasteiger partial charge in [-0.3, -0.25) is 0 Å². The Morgan fingerprint density at radius 1 is 1.80 bits per heavy atom. The molecule has 0 N–H and O–H groups in total. The lowest BCUT2D eigenvalue weighted by Crippen LogP contribution is -1.77. The number of rotatable bonds is 1. The van der Waals surface area contributed by atoms with Crippen molar-refractivity contribution in [3.05, 3.63) is 22.1 Å². The zero-order chi connectivity index (χ0) is 7.56. The Bertz CT molecular complexity index is 272. The maximum absolute atomic E-state index is 8.33. The summed E-state index contributed by atoms with van der Waals surface area (Å²) in [4.78, 5) is 0. The number of nitriles is 1. The Kier molecular flexibility index (Phi) is 2.13. The van der Waals surface area contributed by atoms with E-state index in [9.17, 15) is 0 Å². The van der Waals surface area contributed by atoms with Crippen LogP contribution >= 0.6 is 15.9 Å². The number of hydrogen-bond donors (Lipinski definition) is 0. The Morgan fingerprint density at radius 2 is 2.50 bits per heavy atom. The molecule has 3 heteroatoms. The average molecular weight is 200 g/mol. The number of aryl methyl sites for hydroxylation is 1. The summed E-state index contributed by atoms with van der Waals surface area (Å²) in [7, 11) is 0. The third-order valence-corrected chi connectivity index (χ3v) is 1.62. The van der Waals surface area contributed by atoms with Gasteiger partial charge >= 0.3 is 0 Å². The standard InChI is InChI=1S/C7H6BrNO/c1-5-4-7(8)10-6(5)2-3-9/h4H,2H2,1H3. The van der Waals surface area contributed by atoms with Crippen molar-refractivity contribution < 1.29 is 4.42 Å². The summed E-state index contributed by atoms with van der Waals surface area (Å²) in [6.07, 6.45) is 0.345. The maximum Gasteiger partial charge on any atom is 0.169 e. The van der Waals surface area contributed by atoms with Gasteiger partial charge in [0.15, 0.2) is 4.67 Å². The lowest BCUT2D eigenvalue weighted by atomic mass is 10.2. The van der Waals surface area contributed by atoms with Crippen LogP contribution in [-0.2, 0) is 6.42 Å². The highest BCUT2D eigenvalue weighted by Crippen LogP contribution is 2.19. The van der Waals surface area contributed by atoms with Gasteiger partial charge in [-0.15, -0.1) is 0 Å². The first-order chi connectivity index (χ1) is 4.74. The summed E-state index contributed by atoms with van der Waals surface area (Å²) in [6, 6.07) is 3.88. The van der Waals surface area contributed by atoms with Crippen LogP contribution in [0.5, 0.6) is 0 Å². The number of furan rings is 1. The molecule has 0 atom stereocenters. The minimum absolute atomic E-state index is 0.345. The first kappa shape index (κ1) is 7.36. The zero-order valence-electron chi connectivity index (χ0n) is 5.52. The van der Waals surface area contributed by atoms with Crippen LogP contribution in [0.4, 0.5) is 0 Å². The molecule has 0 aromatic carbocycles. The third kappa shape index (κ3) is 1.39. The van der Waals surface area contributed by atoms with Crippen molar-refractivity contribution >= 4 is 15.9 Å². The van der Waals surface area contributed by atoms with Crippen molar-refractivity contribution in [3.8, 4) is 6.07 Å². The molecule has 0 saturated carbocycles. The Morgan fingerprint density at radius 3 is 2.90 bits per heavy atom. The van der Waals surface area contributed by atoms with Crippen LogP contribution in [0.3, 0.4) is 0 Å². The largest absolute Gasteiger partial charge is 0.453 e. The van der Waals surface area contributed by atoms with E-state index >= 15 is 0 Å². The van der Waals surface area contributed by atoms with Gasteiger partial charge in [0.2, 0.25) is 0 Å². The SMILES string of the molecule is Cc1cc(Br)oc1CC#N. The molecule has 1 heterocycles. The van der Waals surface area contributed by atoms with Crippen molar-refractivity contribution in [1.29, 1.82) is 5.26 Å². The molecule has 1 aromatic rings. The summed E-state index contributed by atoms with van der Waals surface area (Å²) in [6.45, 7) is 1.92. The lowest BCUT2D eigenvalue weighted by Gasteiger charge is -1.85. The quantitative estimate of drug-likeness (QED) is 0.697. The van der Waals surface area contributed by atoms with Crippen LogP contribution in [-0.4, -0.2) is 0 Å². The molecule has 0 fully saturated rings. The normalized spacial score (nSPS) is 9.30. The molecule has 0 unspecified atom stereocenters. The van der Waals surface area contributed by atoms with Crippen molar-refractivity contribution in [2.45, 2.75) is 13.3 Å². The molecule has 2 nitrogen and oxygen atoms in total. The Balaban J connectivity index is 2.94. The van der Waals surface area contributed by atoms with Crippen molar-refractivity contribution in [1.82, 2.24) is 0 Å². The lowest BCUT2D eigenvalue weighted by molar-refractivity contribution is 0.499. The van der Waals surface area contributed by atoms with Crippen molar-refractivity contribution in [3.63, 3.8) is 0 Å². The van der Waals surface area contributed by atoms with Crippen LogP contribution in [0.2, 0.25) is 0 Å². The van der Waals surface area contributed by atoms with Crippen LogP contribution < -0.4 is 0 Å². The van der Waals surface area contributed by atoms with Crippen LogP contribution in [0.15, 0.2) is 15.2 Å². The monoisotopic (exact) mass is 199 g/mol. The molecule has 0 radical (unpaired) electrons. The van der Waals surface area contributed by atoms with Crippen LogP contribution in [0.25, 0.3) is 0 Å². The smallest absolute Gasteiger partial charge is 0.169 e. The molecule has 52 valence electrons. The molecular weight excluding hydrogens is 194 g/mol. The number of nitrogens with zero attached hydrogens (tertiary/aromatic N) is 1. The third-order valence-electron chi connectivity index (χ3n) is 1.23. The van der Waals surface area contributed by atoms with Gasteiger partial charge in [-0.1, -0.05) is 0 Å². The second-order valence-electron chi connectivity index (χ2n) is 1.99. The molecule has 0 bridgehead atoms. The molecule has 10 heavy (non-hydrogen) atoms. The van der Waals surface area contributed by atoms with Gasteiger partial charge in [-0.05, 0) is 34.5 Å². The fourth-order valence-electron chi connectivity index (χ4n) is 0.726. The first-order valence-corrected chi connectivity index (χ1v) is 3.65. The van der Waals surface area contributed by atoms with Gasteiger partial charge in [-0.2, -0.15) is 5.26 Å². The van der Waals surface area contributed by atoms with Gasteiger partial charge in [0.1, 0.15) is 5.76 Å². The molecule has 0 aliphatic heterocycles. The van der Waals surface area contributed by atoms with E-state index in [1.54, 1.807) is 0 Å². The van der Waals surface area contributed by atoms with Gasteiger partial charge in [0, 0.05) is 0 Å². The van der Waals surface area contributed by atoms with Crippen molar-refractivity contribution in [2.24, 2.45) is 0 Å². The average Bonchev–Trinajstić information content (AvgIpc) is 2.13. The van der Waals surface area contributed by atoms with E-state index in [4.69, 9.17) is 9.68 Å². The summed E-state index contributed by atoms with van der Waals surface area (Å²) in [5.74, 6) is 0.745. The Hall–Kier alpha value is -0.750. The first-order valence-electron chi connectivity index (χ1n) is 2.86. The fourth-order valence-corrected chi connectivity index (χ4v) is 1.26. The summed E-state index contributed by atoms with van der Waals surface area (Å²) < 4.78 is 5.84. The predicted octanol–water partition coefficient (Wildman–Crippen LogP) is 2.42. The zero-order valence-corrected chi connectivity index (χ0v) is 7.10. The van der Waals surface area contributed by atoms with E-state index in [0.29, 0.717) is 11.1 Å². The van der Waals surface area contributed by atoms with Gasteiger partial charge in [0.05, 0.1) is 12.5 Å². The summed E-state index contributed by atoms with van der Waals surface area (Å²) in [5, 5.41) is 8.33. The fraction of sp³-hybridized carbons (Fsp3) is 0.286. The topological polar surface area (TPSA) is 36.9 Å². The number of hydrogen-bond acceptors (Lipinski definition) is 2. The molecule has 0 spiro atoms. The Labute approximate surface area is 67.6 Å². The van der Waals surface area contributed by atoms with E-state index in [1.165, 1.54) is 0 Å². The van der Waals surface area contributed by atoms with Crippen molar-refractivity contribution in [2.75, 3.05) is 0 Å². The summed E-state index contributed by atoms with van der Waals surface area (Å²) >= 11 is 3.18. The summed E-state index contributed by atoms with van der Waals surface area (Å²) in [5.41, 5.74) is 1.02. The molecule has 0 amide bonds. The number of halogens is 1. The molecule has 0 aliphatic rings. The molecule has 1 rings (SSSR count). The molecule has 1 aromatic heterocycles. The van der Waals surface area contributed by atoms with E-state index < -0.39 is 0 Å². The molecule has 0 aliphatic carbocycles. The highest BCUT2D eigenvalue weighted by molar-refractivity contribution is 9.10. The van der Waals surface area contributed by atoms with Crippen LogP contribution in [0.1, 0.15) is 11.3 Å². The van der Waals surface area contributed by atoms with E-state index in [1.807, 2.05) is 19.1 Å². The minimum Gasteiger partial charge on any atom is -0.453 e. The minimum atomic E-state index is 0.345. The second-order valence-corrected chi connectivity index (χ2v) is 2.77. The van der Waals surface area contributed by atoms with Crippen LogP contribution in [0, 0.1) is 18.3 Å². The van der Waals surface area contributed by atoms with Gasteiger partial charge in [-0.25, -0.2) is 0 Å². The highest BCUT2D eigenvalue weighted by atomic mass is 79.9.